The van der Waals surface area contributed by atoms with E-state index in [2.05, 4.69) is 39.1 Å². The van der Waals surface area contributed by atoms with E-state index in [0.29, 0.717) is 24.2 Å². The van der Waals surface area contributed by atoms with Crippen molar-refractivity contribution in [3.05, 3.63) is 82.6 Å². The molecule has 0 radical (unpaired) electrons. The summed E-state index contributed by atoms with van der Waals surface area (Å²) in [6.45, 7) is -0.0920. The molecule has 4 unspecified atom stereocenters. The predicted octanol–water partition coefficient (Wildman–Crippen LogP) is 2.78. The minimum atomic E-state index is -1.74. The Kier molecular flexibility index (Phi) is 12.1. The number of hydrogen-bond donors (Lipinski definition) is 8. The number of halogens is 1. The quantitative estimate of drug-likeness (QED) is 0.0948. The van der Waals surface area contributed by atoms with Gasteiger partial charge in [-0.3, -0.25) is 4.98 Å². The lowest BCUT2D eigenvalue weighted by Crippen LogP contribution is -2.50. The molecule has 11 nitrogen and oxygen atoms in total. The maximum atomic E-state index is 12.1. The molecule has 0 spiro atoms. The number of hydrogen-bond acceptors (Lipinski definition) is 9. The van der Waals surface area contributed by atoms with Crippen molar-refractivity contribution < 1.29 is 35.1 Å². The Morgan fingerprint density at radius 2 is 1.74 bits per heavy atom. The van der Waals surface area contributed by atoms with Crippen molar-refractivity contribution in [1.82, 2.24) is 20.9 Å². The SMILES string of the molecule is O=C(NCCCCc1ccc(Cl)c(CNC2(c3cnccc3-c3ccccc3OC3CC3)CC2)c1)NCC(O)C(O)C(O)C(O)CO. The molecule has 254 valence electrons. The molecule has 1 heterocycles. The van der Waals surface area contributed by atoms with Crippen LogP contribution in [0.15, 0.2) is 60.9 Å². The maximum absolute atomic E-state index is 12.1. The van der Waals surface area contributed by atoms with Crippen LogP contribution in [0, 0.1) is 0 Å². The molecule has 12 heteroatoms. The summed E-state index contributed by atoms with van der Waals surface area (Å²) in [5.41, 5.74) is 5.37. The Morgan fingerprint density at radius 1 is 0.979 bits per heavy atom. The zero-order chi connectivity index (χ0) is 33.4. The average Bonchev–Trinajstić information content (AvgIpc) is 4.04. The second-order valence-corrected chi connectivity index (χ2v) is 12.9. The number of aliphatic hydroxyl groups excluding tert-OH is 5. The summed E-state index contributed by atoms with van der Waals surface area (Å²) in [6, 6.07) is 15.8. The summed E-state index contributed by atoms with van der Waals surface area (Å²) >= 11 is 6.63. The summed E-state index contributed by atoms with van der Waals surface area (Å²) in [5.74, 6) is 0.913. The van der Waals surface area contributed by atoms with Gasteiger partial charge in [0.25, 0.3) is 0 Å². The third kappa shape index (κ3) is 9.41. The van der Waals surface area contributed by atoms with Gasteiger partial charge in [-0.2, -0.15) is 0 Å². The smallest absolute Gasteiger partial charge is 0.314 e. The number of aliphatic hydroxyl groups is 5. The number of nitrogens with one attached hydrogen (secondary N) is 3. The zero-order valence-electron chi connectivity index (χ0n) is 26.3. The highest BCUT2D eigenvalue weighted by Gasteiger charge is 2.46. The summed E-state index contributed by atoms with van der Waals surface area (Å²) in [6.07, 6.45) is 4.08. The fraction of sp³-hybridized carbons (Fsp3) is 0.486. The van der Waals surface area contributed by atoms with Gasteiger partial charge in [-0.25, -0.2) is 4.79 Å². The molecule has 2 aliphatic rings. The molecule has 2 aromatic carbocycles. The first-order valence-electron chi connectivity index (χ1n) is 16.3. The standard InChI is InChI=1S/C35H45ClN4O7/c36-28-11-8-22(5-3-4-15-38-34(46)39-20-29(42)32(44)33(45)30(43)21-41)17-23(28)18-40-35(13-14-35)27-19-37-16-12-25(27)26-6-1-2-7-31(26)47-24-9-10-24/h1-2,6-8,11-12,16-17,19,24,29-30,32-33,40-45H,3-5,9-10,13-15,18,20-21H2,(H2,38,39,46). The Labute approximate surface area is 280 Å². The van der Waals surface area contributed by atoms with Crippen molar-refractivity contribution in [2.75, 3.05) is 19.7 Å². The van der Waals surface area contributed by atoms with Crippen LogP contribution in [0.1, 0.15) is 55.2 Å². The molecule has 0 bridgehead atoms. The molecule has 4 atom stereocenters. The van der Waals surface area contributed by atoms with Crippen molar-refractivity contribution in [2.24, 2.45) is 0 Å². The van der Waals surface area contributed by atoms with Crippen LogP contribution in [0.3, 0.4) is 0 Å². The lowest BCUT2D eigenvalue weighted by atomic mass is 9.94. The molecule has 3 aromatic rings. The molecule has 1 aromatic heterocycles. The normalized spacial score (nSPS) is 17.7. The summed E-state index contributed by atoms with van der Waals surface area (Å²) in [5, 5.41) is 57.3. The average molecular weight is 669 g/mol. The molecule has 2 aliphatic carbocycles. The van der Waals surface area contributed by atoms with Gasteiger partial charge in [-0.05, 0) is 85.4 Å². The van der Waals surface area contributed by atoms with Gasteiger partial charge >= 0.3 is 6.03 Å². The van der Waals surface area contributed by atoms with Gasteiger partial charge in [0.2, 0.25) is 0 Å². The van der Waals surface area contributed by atoms with Gasteiger partial charge < -0.3 is 46.2 Å². The van der Waals surface area contributed by atoms with Crippen LogP contribution in [0.4, 0.5) is 4.79 Å². The van der Waals surface area contributed by atoms with E-state index in [0.717, 1.165) is 72.9 Å². The minimum Gasteiger partial charge on any atom is -0.490 e. The minimum absolute atomic E-state index is 0.184. The second-order valence-electron chi connectivity index (χ2n) is 12.5. The molecular formula is C35H45ClN4O7. The topological polar surface area (TPSA) is 176 Å². The van der Waals surface area contributed by atoms with Crippen molar-refractivity contribution >= 4 is 17.6 Å². The number of benzene rings is 2. The molecule has 0 saturated heterocycles. The summed E-state index contributed by atoms with van der Waals surface area (Å²) < 4.78 is 6.24. The van der Waals surface area contributed by atoms with Gasteiger partial charge in [-0.1, -0.05) is 41.9 Å². The first-order valence-corrected chi connectivity index (χ1v) is 16.7. The highest BCUT2D eigenvalue weighted by molar-refractivity contribution is 6.31. The highest BCUT2D eigenvalue weighted by Crippen LogP contribution is 2.50. The van der Waals surface area contributed by atoms with Crippen LogP contribution in [0.2, 0.25) is 5.02 Å². The molecule has 0 aliphatic heterocycles. The van der Waals surface area contributed by atoms with Crippen LogP contribution >= 0.6 is 11.6 Å². The van der Waals surface area contributed by atoms with Crippen LogP contribution in [0.25, 0.3) is 11.1 Å². The summed E-state index contributed by atoms with van der Waals surface area (Å²) in [7, 11) is 0. The van der Waals surface area contributed by atoms with Crippen LogP contribution in [-0.4, -0.2) is 86.8 Å². The van der Waals surface area contributed by atoms with Crippen molar-refractivity contribution in [2.45, 2.75) is 87.5 Å². The number of pyridine rings is 1. The third-order valence-corrected chi connectivity index (χ3v) is 9.15. The van der Waals surface area contributed by atoms with Crippen LogP contribution in [-0.2, 0) is 18.5 Å². The van der Waals surface area contributed by atoms with Crippen molar-refractivity contribution in [3.8, 4) is 16.9 Å². The third-order valence-electron chi connectivity index (χ3n) is 8.78. The number of para-hydroxylation sites is 1. The van der Waals surface area contributed by atoms with Crippen LogP contribution < -0.4 is 20.7 Å². The number of urea groups is 1. The van der Waals surface area contributed by atoms with Crippen LogP contribution in [0.5, 0.6) is 5.75 Å². The molecule has 5 rings (SSSR count). The lowest BCUT2D eigenvalue weighted by molar-refractivity contribution is -0.113. The fourth-order valence-electron chi connectivity index (χ4n) is 5.62. The number of aromatic nitrogens is 1. The largest absolute Gasteiger partial charge is 0.490 e. The monoisotopic (exact) mass is 668 g/mol. The predicted molar refractivity (Wildman–Crippen MR) is 178 cm³/mol. The van der Waals surface area contributed by atoms with E-state index in [1.54, 1.807) is 0 Å². The van der Waals surface area contributed by atoms with E-state index in [4.69, 9.17) is 21.4 Å². The van der Waals surface area contributed by atoms with Gasteiger partial charge in [-0.15, -0.1) is 0 Å². The number of aryl methyl sites for hydroxylation is 1. The number of nitrogens with zero attached hydrogens (tertiary/aromatic N) is 1. The van der Waals surface area contributed by atoms with Gasteiger partial charge in [0.1, 0.15) is 24.1 Å². The number of unbranched alkanes of at least 4 members (excludes halogenated alkanes) is 1. The van der Waals surface area contributed by atoms with E-state index in [1.165, 1.54) is 5.56 Å². The fourth-order valence-corrected chi connectivity index (χ4v) is 5.80. The Balaban J connectivity index is 1.09. The van der Waals surface area contributed by atoms with Gasteiger partial charge in [0.05, 0.1) is 18.8 Å². The number of carbonyl (C=O) groups is 1. The van der Waals surface area contributed by atoms with E-state index in [1.807, 2.05) is 42.7 Å². The number of ether oxygens (including phenoxy) is 1. The Morgan fingerprint density at radius 3 is 2.49 bits per heavy atom. The van der Waals surface area contributed by atoms with E-state index >= 15 is 0 Å². The number of rotatable bonds is 18. The number of carbonyl (C=O) groups excluding carboxylic acids is 1. The van der Waals surface area contributed by atoms with Gasteiger partial charge in [0.15, 0.2) is 0 Å². The molecular weight excluding hydrogens is 624 g/mol. The molecule has 2 saturated carbocycles. The Bertz CT molecular complexity index is 1490. The molecule has 47 heavy (non-hydrogen) atoms. The van der Waals surface area contributed by atoms with E-state index in [9.17, 15) is 25.2 Å². The summed E-state index contributed by atoms with van der Waals surface area (Å²) in [4.78, 5) is 16.6. The van der Waals surface area contributed by atoms with E-state index in [-0.39, 0.29) is 12.1 Å². The first kappa shape index (κ1) is 35.0. The number of amides is 2. The highest BCUT2D eigenvalue weighted by atomic mass is 35.5. The molecule has 2 amide bonds. The van der Waals surface area contributed by atoms with Crippen molar-refractivity contribution in [3.63, 3.8) is 0 Å². The lowest BCUT2D eigenvalue weighted by Gasteiger charge is -2.25. The zero-order valence-corrected chi connectivity index (χ0v) is 27.1. The first-order chi connectivity index (χ1) is 22.7. The maximum Gasteiger partial charge on any atom is 0.314 e. The van der Waals surface area contributed by atoms with Gasteiger partial charge in [0, 0.05) is 48.2 Å². The van der Waals surface area contributed by atoms with E-state index < -0.39 is 37.1 Å². The molecule has 8 N–H and O–H groups in total. The molecule has 2 fully saturated rings. The second kappa shape index (κ2) is 16.2. The van der Waals surface area contributed by atoms with Crippen molar-refractivity contribution in [1.29, 1.82) is 0 Å². The Hall–Kier alpha value is -3.29.